The number of rotatable bonds is 4. The van der Waals surface area contributed by atoms with Crippen LogP contribution in [0.4, 0.5) is 0 Å². The molecule has 0 saturated heterocycles. The molecular formula is C11H10O3S. The molecule has 3 nitrogen and oxygen atoms in total. The third-order valence-electron chi connectivity index (χ3n) is 1.95. The largest absolute Gasteiger partial charge is 0.481 e. The number of aliphatic carboxylic acids is 1. The van der Waals surface area contributed by atoms with Crippen molar-refractivity contribution in [1.82, 2.24) is 0 Å². The number of furan rings is 1. The molecule has 0 radical (unpaired) electrons. The Labute approximate surface area is 91.1 Å². The summed E-state index contributed by atoms with van der Waals surface area (Å²) in [5.41, 5.74) is 0.850. The Morgan fingerprint density at radius 2 is 2.20 bits per heavy atom. The third kappa shape index (κ3) is 2.53. The average Bonchev–Trinajstić information content (AvgIpc) is 2.59. The van der Waals surface area contributed by atoms with Crippen molar-refractivity contribution in [2.24, 2.45) is 0 Å². The van der Waals surface area contributed by atoms with Crippen molar-refractivity contribution in [3.05, 3.63) is 36.1 Å². The number of carboxylic acids is 1. The van der Waals surface area contributed by atoms with Crippen molar-refractivity contribution in [2.45, 2.75) is 5.75 Å². The standard InChI is InChI=1S/C11H10O3S/c12-11(13)7-15-6-9-5-8-3-1-2-4-10(8)14-9/h1-5H,6-7H2,(H,12,13). The Balaban J connectivity index is 2.05. The summed E-state index contributed by atoms with van der Waals surface area (Å²) in [4.78, 5) is 10.3. The van der Waals surface area contributed by atoms with Gasteiger partial charge in [-0.15, -0.1) is 11.8 Å². The lowest BCUT2D eigenvalue weighted by Gasteiger charge is -1.93. The van der Waals surface area contributed by atoms with Crippen LogP contribution in [0.5, 0.6) is 0 Å². The number of fused-ring (bicyclic) bond motifs is 1. The summed E-state index contributed by atoms with van der Waals surface area (Å²) in [5, 5.41) is 9.54. The Kier molecular flexibility index (Phi) is 2.97. The van der Waals surface area contributed by atoms with Crippen LogP contribution in [0.3, 0.4) is 0 Å². The number of para-hydroxylation sites is 1. The first-order valence-electron chi connectivity index (χ1n) is 4.53. The highest BCUT2D eigenvalue weighted by Crippen LogP contribution is 2.22. The van der Waals surface area contributed by atoms with Crippen LogP contribution >= 0.6 is 11.8 Å². The number of carboxylic acid groups (broad SMARTS) is 1. The summed E-state index contributed by atoms with van der Waals surface area (Å²) < 4.78 is 5.54. The van der Waals surface area contributed by atoms with Gasteiger partial charge in [0.15, 0.2) is 0 Å². The van der Waals surface area contributed by atoms with E-state index >= 15 is 0 Å². The maximum atomic E-state index is 10.3. The van der Waals surface area contributed by atoms with Crippen LogP contribution in [0, 0.1) is 0 Å². The van der Waals surface area contributed by atoms with Gasteiger partial charge in [-0.25, -0.2) is 0 Å². The molecule has 0 aliphatic heterocycles. The Morgan fingerprint density at radius 1 is 1.40 bits per heavy atom. The van der Waals surface area contributed by atoms with Crippen molar-refractivity contribution >= 4 is 28.7 Å². The lowest BCUT2D eigenvalue weighted by atomic mass is 10.2. The Bertz CT molecular complexity index is 442. The lowest BCUT2D eigenvalue weighted by molar-refractivity contribution is -0.133. The van der Waals surface area contributed by atoms with Gasteiger partial charge in [0.2, 0.25) is 0 Å². The summed E-state index contributed by atoms with van der Waals surface area (Å²) in [6.07, 6.45) is 0. The van der Waals surface area contributed by atoms with E-state index < -0.39 is 5.97 Å². The molecule has 78 valence electrons. The van der Waals surface area contributed by atoms with E-state index in [2.05, 4.69) is 0 Å². The summed E-state index contributed by atoms with van der Waals surface area (Å²) >= 11 is 1.34. The third-order valence-corrected chi connectivity index (χ3v) is 2.89. The zero-order chi connectivity index (χ0) is 10.7. The van der Waals surface area contributed by atoms with Crippen LogP contribution in [-0.2, 0) is 10.5 Å². The van der Waals surface area contributed by atoms with Crippen LogP contribution < -0.4 is 0 Å². The molecule has 0 bridgehead atoms. The molecule has 0 aliphatic rings. The highest BCUT2D eigenvalue weighted by atomic mass is 32.2. The lowest BCUT2D eigenvalue weighted by Crippen LogP contribution is -1.97. The molecule has 1 aromatic heterocycles. The fourth-order valence-corrected chi connectivity index (χ4v) is 1.97. The predicted molar refractivity (Wildman–Crippen MR) is 60.0 cm³/mol. The molecule has 15 heavy (non-hydrogen) atoms. The minimum Gasteiger partial charge on any atom is -0.481 e. The summed E-state index contributed by atoms with van der Waals surface area (Å²) in [6.45, 7) is 0. The summed E-state index contributed by atoms with van der Waals surface area (Å²) in [6, 6.07) is 9.70. The fourth-order valence-electron chi connectivity index (χ4n) is 1.35. The zero-order valence-corrected chi connectivity index (χ0v) is 8.79. The Morgan fingerprint density at radius 3 is 2.93 bits per heavy atom. The van der Waals surface area contributed by atoms with Gasteiger partial charge in [0, 0.05) is 5.39 Å². The van der Waals surface area contributed by atoms with E-state index in [4.69, 9.17) is 9.52 Å². The van der Waals surface area contributed by atoms with Crippen LogP contribution in [0.1, 0.15) is 5.76 Å². The van der Waals surface area contributed by atoms with E-state index in [-0.39, 0.29) is 5.75 Å². The van der Waals surface area contributed by atoms with Gasteiger partial charge in [0.05, 0.1) is 11.5 Å². The number of thioether (sulfide) groups is 1. The highest BCUT2D eigenvalue weighted by Gasteiger charge is 2.04. The van der Waals surface area contributed by atoms with Gasteiger partial charge in [0.25, 0.3) is 0 Å². The average molecular weight is 222 g/mol. The summed E-state index contributed by atoms with van der Waals surface area (Å²) in [5.74, 6) is 0.733. The van der Waals surface area contributed by atoms with Crippen molar-refractivity contribution < 1.29 is 14.3 Å². The van der Waals surface area contributed by atoms with Crippen molar-refractivity contribution in [3.63, 3.8) is 0 Å². The molecule has 0 spiro atoms. The second-order valence-corrected chi connectivity index (χ2v) is 4.12. The van der Waals surface area contributed by atoms with Crippen molar-refractivity contribution in [1.29, 1.82) is 0 Å². The topological polar surface area (TPSA) is 50.4 Å². The fraction of sp³-hybridized carbons (Fsp3) is 0.182. The second-order valence-electron chi connectivity index (χ2n) is 3.14. The number of benzene rings is 1. The van der Waals surface area contributed by atoms with Crippen molar-refractivity contribution in [2.75, 3.05) is 5.75 Å². The maximum Gasteiger partial charge on any atom is 0.313 e. The van der Waals surface area contributed by atoms with E-state index in [1.807, 2.05) is 30.3 Å². The van der Waals surface area contributed by atoms with Gasteiger partial charge >= 0.3 is 5.97 Å². The second kappa shape index (κ2) is 4.40. The molecule has 4 heteroatoms. The molecule has 1 aromatic carbocycles. The molecule has 0 aliphatic carbocycles. The monoisotopic (exact) mass is 222 g/mol. The molecule has 1 heterocycles. The molecule has 0 fully saturated rings. The molecule has 0 unspecified atom stereocenters. The molecule has 1 N–H and O–H groups in total. The van der Waals surface area contributed by atoms with Gasteiger partial charge in [-0.2, -0.15) is 0 Å². The van der Waals surface area contributed by atoms with Crippen LogP contribution in [0.15, 0.2) is 34.7 Å². The van der Waals surface area contributed by atoms with Crippen LogP contribution in [0.2, 0.25) is 0 Å². The SMILES string of the molecule is O=C(O)CSCc1cc2ccccc2o1. The van der Waals surface area contributed by atoms with E-state index in [0.29, 0.717) is 5.75 Å². The van der Waals surface area contributed by atoms with Gasteiger partial charge < -0.3 is 9.52 Å². The molecule has 2 aromatic rings. The minimum atomic E-state index is -0.795. The number of carbonyl (C=O) groups is 1. The molecule has 0 amide bonds. The smallest absolute Gasteiger partial charge is 0.313 e. The predicted octanol–water partition coefficient (Wildman–Crippen LogP) is 2.75. The van der Waals surface area contributed by atoms with Crippen LogP contribution in [-0.4, -0.2) is 16.8 Å². The normalized spacial score (nSPS) is 10.7. The maximum absolute atomic E-state index is 10.3. The molecular weight excluding hydrogens is 212 g/mol. The highest BCUT2D eigenvalue weighted by molar-refractivity contribution is 7.99. The van der Waals surface area contributed by atoms with Gasteiger partial charge in [-0.3, -0.25) is 4.79 Å². The summed E-state index contributed by atoms with van der Waals surface area (Å²) in [7, 11) is 0. The first kappa shape index (κ1) is 10.1. The van der Waals surface area contributed by atoms with Gasteiger partial charge in [0.1, 0.15) is 11.3 Å². The molecule has 0 atom stereocenters. The number of hydrogen-bond acceptors (Lipinski definition) is 3. The Hall–Kier alpha value is -1.42. The van der Waals surface area contributed by atoms with E-state index in [0.717, 1.165) is 16.7 Å². The van der Waals surface area contributed by atoms with Gasteiger partial charge in [-0.1, -0.05) is 18.2 Å². The molecule has 2 rings (SSSR count). The van der Waals surface area contributed by atoms with Crippen LogP contribution in [0.25, 0.3) is 11.0 Å². The van der Waals surface area contributed by atoms with E-state index in [1.165, 1.54) is 11.8 Å². The van der Waals surface area contributed by atoms with Gasteiger partial charge in [-0.05, 0) is 12.1 Å². The number of hydrogen-bond donors (Lipinski definition) is 1. The zero-order valence-electron chi connectivity index (χ0n) is 7.97. The first-order chi connectivity index (χ1) is 7.25. The quantitative estimate of drug-likeness (QED) is 0.864. The minimum absolute atomic E-state index is 0.108. The first-order valence-corrected chi connectivity index (χ1v) is 5.68. The van der Waals surface area contributed by atoms with E-state index in [1.54, 1.807) is 0 Å². The van der Waals surface area contributed by atoms with Crippen molar-refractivity contribution in [3.8, 4) is 0 Å². The van der Waals surface area contributed by atoms with E-state index in [9.17, 15) is 4.79 Å². The molecule has 0 saturated carbocycles.